The number of hydrogen-bond donors (Lipinski definition) is 3. The van der Waals surface area contributed by atoms with Crippen LogP contribution in [0.1, 0.15) is 30.9 Å². The van der Waals surface area contributed by atoms with Crippen LogP contribution in [0, 0.1) is 5.41 Å². The molecule has 3 aromatic rings. The molecular weight excluding hydrogens is 584 g/mol. The van der Waals surface area contributed by atoms with E-state index in [0.717, 1.165) is 12.1 Å². The summed E-state index contributed by atoms with van der Waals surface area (Å²) in [6, 6.07) is 10.7. The molecule has 4 N–H and O–H groups in total. The molecule has 3 heterocycles. The summed E-state index contributed by atoms with van der Waals surface area (Å²) in [6.07, 6.45) is -10.4. The third kappa shape index (κ3) is 7.21. The summed E-state index contributed by atoms with van der Waals surface area (Å²) >= 11 is 0. The second kappa shape index (κ2) is 11.4. The van der Waals surface area contributed by atoms with Crippen LogP contribution in [0.5, 0.6) is 11.6 Å². The Morgan fingerprint density at radius 2 is 1.72 bits per heavy atom. The zero-order valence-electron chi connectivity index (χ0n) is 22.5. The average Bonchev–Trinajstić information content (AvgIpc) is 3.34. The van der Waals surface area contributed by atoms with E-state index in [1.807, 2.05) is 4.90 Å². The monoisotopic (exact) mass is 611 g/mol. The molecule has 1 unspecified atom stereocenters. The van der Waals surface area contributed by atoms with E-state index in [4.69, 9.17) is 10.5 Å². The summed E-state index contributed by atoms with van der Waals surface area (Å²) in [6.45, 7) is 1.55. The lowest BCUT2D eigenvalue weighted by molar-refractivity contribution is -0.274. The van der Waals surface area contributed by atoms with Crippen molar-refractivity contribution in [1.29, 1.82) is 0 Å². The fourth-order valence-corrected chi connectivity index (χ4v) is 5.50. The van der Waals surface area contributed by atoms with Crippen molar-refractivity contribution < 1.29 is 45.7 Å². The van der Waals surface area contributed by atoms with Gasteiger partial charge >= 0.3 is 18.5 Å². The van der Waals surface area contributed by atoms with E-state index in [1.54, 1.807) is 0 Å². The number of nitrogens with zero attached hydrogens (tertiary/aromatic N) is 3. The molecule has 0 saturated carbocycles. The Hall–Kier alpha value is -4.27. The Labute approximate surface area is 241 Å². The number of aromatic nitrogens is 2. The van der Waals surface area contributed by atoms with E-state index in [1.165, 1.54) is 42.5 Å². The second-order valence-electron chi connectivity index (χ2n) is 10.6. The Kier molecular flexibility index (Phi) is 8.03. The van der Waals surface area contributed by atoms with Gasteiger partial charge in [-0.05, 0) is 47.9 Å². The van der Waals surface area contributed by atoms with Crippen LogP contribution in [0.4, 0.5) is 38.1 Å². The predicted octanol–water partition coefficient (Wildman–Crippen LogP) is 5.34. The molecule has 2 fully saturated rings. The van der Waals surface area contributed by atoms with E-state index in [9.17, 15) is 36.2 Å². The summed E-state index contributed by atoms with van der Waals surface area (Å²) in [5.74, 6) is -1.74. The minimum Gasteiger partial charge on any atom is -0.480 e. The summed E-state index contributed by atoms with van der Waals surface area (Å²) in [7, 11) is 0. The number of anilines is 2. The summed E-state index contributed by atoms with van der Waals surface area (Å²) in [5.41, 5.74) is 6.05. The van der Waals surface area contributed by atoms with Gasteiger partial charge in [0.1, 0.15) is 17.6 Å². The van der Waals surface area contributed by atoms with Gasteiger partial charge in [0.15, 0.2) is 0 Å². The van der Waals surface area contributed by atoms with Gasteiger partial charge < -0.3 is 30.5 Å². The Morgan fingerprint density at radius 1 is 1.02 bits per heavy atom. The topological polar surface area (TPSA) is 123 Å². The van der Waals surface area contributed by atoms with Crippen molar-refractivity contribution in [2.75, 3.05) is 30.3 Å². The largest absolute Gasteiger partial charge is 0.573 e. The number of piperidine rings is 1. The van der Waals surface area contributed by atoms with Gasteiger partial charge in [-0.25, -0.2) is 0 Å². The molecule has 230 valence electrons. The number of nitrogens with one attached hydrogen (secondary N) is 1. The number of hydrogen-bond acceptors (Lipinski definition) is 8. The van der Waals surface area contributed by atoms with Gasteiger partial charge in [0.05, 0.1) is 0 Å². The van der Waals surface area contributed by atoms with Crippen molar-refractivity contribution in [3.8, 4) is 22.8 Å². The lowest BCUT2D eigenvalue weighted by atomic mass is 9.76. The van der Waals surface area contributed by atoms with Crippen LogP contribution in [0.15, 0.2) is 54.6 Å². The third-order valence-electron chi connectivity index (χ3n) is 7.66. The molecule has 1 spiro atoms. The van der Waals surface area contributed by atoms with Gasteiger partial charge in [-0.2, -0.15) is 23.1 Å². The number of nitrogen functional groups attached to an aromatic ring is 1. The number of aliphatic carboxylic acids is 1. The first-order valence-corrected chi connectivity index (χ1v) is 13.2. The molecule has 2 aromatic carbocycles. The fraction of sp³-hybridized carbons (Fsp3) is 0.393. The fourth-order valence-electron chi connectivity index (χ4n) is 5.50. The van der Waals surface area contributed by atoms with Gasteiger partial charge in [0.25, 0.3) is 0 Å². The van der Waals surface area contributed by atoms with Crippen LogP contribution in [-0.2, 0) is 4.79 Å². The van der Waals surface area contributed by atoms with Crippen LogP contribution in [0.25, 0.3) is 11.1 Å². The number of carboxylic acids is 1. The van der Waals surface area contributed by atoms with Gasteiger partial charge in [0.2, 0.25) is 17.9 Å². The number of halogens is 6. The molecule has 5 rings (SSSR count). The maximum absolute atomic E-state index is 14.2. The van der Waals surface area contributed by atoms with Crippen molar-refractivity contribution in [1.82, 2.24) is 15.3 Å². The number of ether oxygens (including phenoxy) is 2. The predicted molar refractivity (Wildman–Crippen MR) is 142 cm³/mol. The maximum atomic E-state index is 14.2. The highest BCUT2D eigenvalue weighted by Crippen LogP contribution is 2.42. The van der Waals surface area contributed by atoms with Crippen molar-refractivity contribution in [3.63, 3.8) is 0 Å². The van der Waals surface area contributed by atoms with Crippen LogP contribution >= 0.6 is 0 Å². The molecule has 43 heavy (non-hydrogen) atoms. The lowest BCUT2D eigenvalue weighted by Crippen LogP contribution is -2.41. The molecular formula is C28H27F6N5O4. The Balaban J connectivity index is 1.31. The summed E-state index contributed by atoms with van der Waals surface area (Å²) in [5, 5.41) is 12.3. The van der Waals surface area contributed by atoms with Crippen molar-refractivity contribution in [2.24, 2.45) is 5.41 Å². The van der Waals surface area contributed by atoms with Crippen molar-refractivity contribution in [2.45, 2.75) is 43.9 Å². The first kappa shape index (κ1) is 30.2. The maximum Gasteiger partial charge on any atom is 0.573 e. The highest BCUT2D eigenvalue weighted by atomic mass is 19.4. The smallest absolute Gasteiger partial charge is 0.480 e. The molecule has 2 aliphatic rings. The minimum atomic E-state index is -4.89. The summed E-state index contributed by atoms with van der Waals surface area (Å²) < 4.78 is 89.5. The highest BCUT2D eigenvalue weighted by Gasteiger charge is 2.45. The highest BCUT2D eigenvalue weighted by molar-refractivity contribution is 5.74. The van der Waals surface area contributed by atoms with E-state index in [0.29, 0.717) is 50.0 Å². The SMILES string of the molecule is Nc1nc(OC(c2ccc(-c3cccc(OC(F)(F)F)c3)cc2)C(F)(F)F)cc(N2CCC3(CC2)CN[C@H](C(=O)O)C3)n1. The number of nitrogens with two attached hydrogens (primary N) is 1. The molecule has 1 aromatic heterocycles. The first-order valence-electron chi connectivity index (χ1n) is 13.2. The normalized spacial score (nSPS) is 19.3. The number of carbonyl (C=O) groups is 1. The van der Waals surface area contributed by atoms with Gasteiger partial charge in [-0.15, -0.1) is 13.2 Å². The minimum absolute atomic E-state index is 0.183. The molecule has 15 heteroatoms. The lowest BCUT2D eigenvalue weighted by Gasteiger charge is -2.39. The number of rotatable bonds is 7. The first-order chi connectivity index (χ1) is 20.2. The van der Waals surface area contributed by atoms with Crippen LogP contribution < -0.4 is 25.4 Å². The molecule has 2 atom stereocenters. The molecule has 0 aliphatic carbocycles. The van der Waals surface area contributed by atoms with Crippen molar-refractivity contribution >= 4 is 17.7 Å². The molecule has 0 amide bonds. The zero-order chi connectivity index (χ0) is 31.0. The van der Waals surface area contributed by atoms with E-state index in [-0.39, 0.29) is 28.6 Å². The number of carboxylic acid groups (broad SMARTS) is 1. The molecule has 9 nitrogen and oxygen atoms in total. The Morgan fingerprint density at radius 3 is 2.33 bits per heavy atom. The average molecular weight is 612 g/mol. The second-order valence-corrected chi connectivity index (χ2v) is 10.6. The van der Waals surface area contributed by atoms with E-state index < -0.39 is 36.4 Å². The van der Waals surface area contributed by atoms with Crippen molar-refractivity contribution in [3.05, 3.63) is 60.2 Å². The van der Waals surface area contributed by atoms with Crippen LogP contribution in [0.3, 0.4) is 0 Å². The van der Waals surface area contributed by atoms with Gasteiger partial charge in [-0.1, -0.05) is 36.4 Å². The number of alkyl halides is 6. The number of benzene rings is 2. The van der Waals surface area contributed by atoms with Gasteiger partial charge in [-0.3, -0.25) is 4.79 Å². The third-order valence-corrected chi connectivity index (χ3v) is 7.66. The molecule has 2 aliphatic heterocycles. The van der Waals surface area contributed by atoms with E-state index in [2.05, 4.69) is 20.0 Å². The quantitative estimate of drug-likeness (QED) is 0.304. The van der Waals surface area contributed by atoms with Crippen LogP contribution in [-0.4, -0.2) is 59.3 Å². The molecule has 2 saturated heterocycles. The van der Waals surface area contributed by atoms with Crippen LogP contribution in [0.2, 0.25) is 0 Å². The Bertz CT molecular complexity index is 1460. The van der Waals surface area contributed by atoms with E-state index >= 15 is 0 Å². The molecule has 0 bridgehead atoms. The summed E-state index contributed by atoms with van der Waals surface area (Å²) in [4.78, 5) is 21.2. The standard InChI is InChI=1S/C28H27F6N5O4/c29-27(30,31)23(17-6-4-16(5-7-17)18-2-1-3-19(12-18)43-28(32,33)34)42-22-13-21(37-25(35)38-22)39-10-8-26(9-11-39)14-20(24(40)41)36-15-26/h1-7,12-13,20,23,36H,8-11,14-15H2,(H,40,41)(H2,35,37,38)/t20-,23?/m0/s1. The molecule has 0 radical (unpaired) electrons. The zero-order valence-corrected chi connectivity index (χ0v) is 22.5. The van der Waals surface area contributed by atoms with Gasteiger partial charge in [0, 0.05) is 31.3 Å².